The van der Waals surface area contributed by atoms with Gasteiger partial charge in [-0.25, -0.2) is 4.39 Å². The van der Waals surface area contributed by atoms with Gasteiger partial charge < -0.3 is 10.3 Å². The van der Waals surface area contributed by atoms with Crippen molar-refractivity contribution < 1.29 is 22.4 Å². The van der Waals surface area contributed by atoms with E-state index >= 15 is 0 Å². The zero-order valence-corrected chi connectivity index (χ0v) is 12.5. The summed E-state index contributed by atoms with van der Waals surface area (Å²) in [5.41, 5.74) is 0.410. The highest BCUT2D eigenvalue weighted by Crippen LogP contribution is 2.32. The zero-order chi connectivity index (χ0) is 17.5. The second-order valence-electron chi connectivity index (χ2n) is 5.40. The van der Waals surface area contributed by atoms with E-state index < -0.39 is 23.6 Å². The number of benzene rings is 2. The molecule has 0 aliphatic carbocycles. The second kappa shape index (κ2) is 5.67. The molecular formula is C17H12F4N2O. The van der Waals surface area contributed by atoms with E-state index in [1.165, 1.54) is 43.3 Å². The number of carbonyl (C=O) groups is 1. The van der Waals surface area contributed by atoms with Gasteiger partial charge in [0.05, 0.1) is 0 Å². The van der Waals surface area contributed by atoms with Gasteiger partial charge in [0.1, 0.15) is 11.5 Å². The number of aromatic amines is 1. The number of hydrogen-bond acceptors (Lipinski definition) is 1. The van der Waals surface area contributed by atoms with Gasteiger partial charge in [-0.3, -0.25) is 4.79 Å². The van der Waals surface area contributed by atoms with Crippen molar-refractivity contribution in [3.8, 4) is 0 Å². The number of H-pyrrole nitrogens is 1. The zero-order valence-electron chi connectivity index (χ0n) is 12.5. The maximum atomic E-state index is 13.2. The molecule has 3 nitrogen and oxygen atoms in total. The summed E-state index contributed by atoms with van der Waals surface area (Å²) in [6.07, 6.45) is -4.46. The molecule has 0 radical (unpaired) electrons. The van der Waals surface area contributed by atoms with Crippen LogP contribution >= 0.6 is 0 Å². The van der Waals surface area contributed by atoms with Crippen LogP contribution < -0.4 is 5.32 Å². The highest BCUT2D eigenvalue weighted by molar-refractivity contribution is 6.05. The minimum absolute atomic E-state index is 0.263. The van der Waals surface area contributed by atoms with Crippen LogP contribution in [0.3, 0.4) is 0 Å². The Kier molecular flexibility index (Phi) is 3.79. The molecule has 1 heterocycles. The molecule has 0 fully saturated rings. The summed E-state index contributed by atoms with van der Waals surface area (Å²) in [4.78, 5) is 14.4. The van der Waals surface area contributed by atoms with Crippen molar-refractivity contribution in [2.24, 2.45) is 0 Å². The smallest absolute Gasteiger partial charge is 0.351 e. The summed E-state index contributed by atoms with van der Waals surface area (Å²) in [7, 11) is 0. The summed E-state index contributed by atoms with van der Waals surface area (Å²) in [5, 5.41) is 2.92. The fourth-order valence-corrected chi connectivity index (χ4v) is 2.35. The van der Waals surface area contributed by atoms with E-state index in [4.69, 9.17) is 0 Å². The summed E-state index contributed by atoms with van der Waals surface area (Å²) in [6.45, 7) is 1.54. The van der Waals surface area contributed by atoms with Gasteiger partial charge in [-0.15, -0.1) is 0 Å². The van der Waals surface area contributed by atoms with Crippen molar-refractivity contribution in [3.05, 3.63) is 65.1 Å². The minimum atomic E-state index is -4.46. The Morgan fingerprint density at radius 1 is 1.08 bits per heavy atom. The number of fused-ring (bicyclic) bond motifs is 1. The first kappa shape index (κ1) is 16.0. The average Bonchev–Trinajstić information content (AvgIpc) is 2.93. The van der Waals surface area contributed by atoms with Crippen LogP contribution in [0.1, 0.15) is 21.6 Å². The fourth-order valence-electron chi connectivity index (χ4n) is 2.35. The summed E-state index contributed by atoms with van der Waals surface area (Å²) >= 11 is 0. The van der Waals surface area contributed by atoms with Crippen molar-refractivity contribution in [2.75, 3.05) is 5.32 Å². The standard InChI is InChI=1S/C17H12F4N2O/c1-9-6-10(2-4-13(9)18)16(24)22-12-3-5-14-11(7-12)8-15(23-14)17(19,20)21/h2-8,23H,1H3,(H,22,24). The lowest BCUT2D eigenvalue weighted by molar-refractivity contribution is -0.140. The van der Waals surface area contributed by atoms with E-state index in [1.807, 2.05) is 0 Å². The maximum absolute atomic E-state index is 13.2. The van der Waals surface area contributed by atoms with Gasteiger partial charge in [-0.1, -0.05) is 0 Å². The van der Waals surface area contributed by atoms with Crippen LogP contribution in [0.15, 0.2) is 42.5 Å². The van der Waals surface area contributed by atoms with E-state index in [1.54, 1.807) is 0 Å². The number of alkyl halides is 3. The third kappa shape index (κ3) is 3.10. The Hall–Kier alpha value is -2.83. The monoisotopic (exact) mass is 336 g/mol. The van der Waals surface area contributed by atoms with Crippen LogP contribution in [0.25, 0.3) is 10.9 Å². The third-order valence-electron chi connectivity index (χ3n) is 3.60. The van der Waals surface area contributed by atoms with E-state index in [-0.39, 0.29) is 5.56 Å². The highest BCUT2D eigenvalue weighted by atomic mass is 19.4. The first-order valence-corrected chi connectivity index (χ1v) is 7.01. The van der Waals surface area contributed by atoms with Gasteiger partial charge >= 0.3 is 6.18 Å². The number of anilines is 1. The largest absolute Gasteiger partial charge is 0.431 e. The molecule has 124 valence electrons. The number of nitrogens with one attached hydrogen (secondary N) is 2. The van der Waals surface area contributed by atoms with E-state index in [0.29, 0.717) is 22.2 Å². The van der Waals surface area contributed by atoms with Gasteiger partial charge in [0.2, 0.25) is 0 Å². The predicted octanol–water partition coefficient (Wildman–Crippen LogP) is 4.89. The molecular weight excluding hydrogens is 324 g/mol. The van der Waals surface area contributed by atoms with Gasteiger partial charge in [0, 0.05) is 22.2 Å². The number of halogens is 4. The number of aromatic nitrogens is 1. The molecule has 0 bridgehead atoms. The SMILES string of the molecule is Cc1cc(C(=O)Nc2ccc3[nH]c(C(F)(F)F)cc3c2)ccc1F. The van der Waals surface area contributed by atoms with Crippen molar-refractivity contribution in [1.29, 1.82) is 0 Å². The number of rotatable bonds is 2. The molecule has 24 heavy (non-hydrogen) atoms. The molecule has 0 spiro atoms. The Morgan fingerprint density at radius 2 is 1.83 bits per heavy atom. The number of carbonyl (C=O) groups excluding carboxylic acids is 1. The summed E-state index contributed by atoms with van der Waals surface area (Å²) in [6, 6.07) is 9.30. The van der Waals surface area contributed by atoms with Gasteiger partial charge in [-0.05, 0) is 55.0 Å². The van der Waals surface area contributed by atoms with Crippen LogP contribution in [0.5, 0.6) is 0 Å². The topological polar surface area (TPSA) is 44.9 Å². The highest BCUT2D eigenvalue weighted by Gasteiger charge is 2.32. The average molecular weight is 336 g/mol. The molecule has 0 aliphatic heterocycles. The lowest BCUT2D eigenvalue weighted by Gasteiger charge is -2.06. The van der Waals surface area contributed by atoms with Crippen molar-refractivity contribution in [2.45, 2.75) is 13.1 Å². The van der Waals surface area contributed by atoms with Crippen molar-refractivity contribution in [1.82, 2.24) is 4.98 Å². The molecule has 3 aromatic rings. The fraction of sp³-hybridized carbons (Fsp3) is 0.118. The Morgan fingerprint density at radius 3 is 2.50 bits per heavy atom. The van der Waals surface area contributed by atoms with E-state index in [0.717, 1.165) is 6.07 Å². The van der Waals surface area contributed by atoms with E-state index in [2.05, 4.69) is 10.3 Å². The molecule has 7 heteroatoms. The summed E-state index contributed by atoms with van der Waals surface area (Å²) in [5.74, 6) is -0.885. The Labute approximate surface area is 134 Å². The van der Waals surface area contributed by atoms with Crippen molar-refractivity contribution >= 4 is 22.5 Å². The number of amides is 1. The predicted molar refractivity (Wildman–Crippen MR) is 82.4 cm³/mol. The molecule has 0 atom stereocenters. The van der Waals surface area contributed by atoms with Gasteiger partial charge in [0.15, 0.2) is 0 Å². The van der Waals surface area contributed by atoms with Crippen molar-refractivity contribution in [3.63, 3.8) is 0 Å². The minimum Gasteiger partial charge on any atom is -0.351 e. The second-order valence-corrected chi connectivity index (χ2v) is 5.40. The molecule has 2 N–H and O–H groups in total. The summed E-state index contributed by atoms with van der Waals surface area (Å²) < 4.78 is 51.3. The molecule has 0 aliphatic rings. The van der Waals surface area contributed by atoms with Crippen LogP contribution in [0, 0.1) is 12.7 Å². The Balaban J connectivity index is 1.86. The third-order valence-corrected chi connectivity index (χ3v) is 3.60. The maximum Gasteiger partial charge on any atom is 0.431 e. The molecule has 0 saturated heterocycles. The molecule has 1 aromatic heterocycles. The Bertz CT molecular complexity index is 928. The normalized spacial score (nSPS) is 11.7. The number of aryl methyl sites for hydroxylation is 1. The van der Waals surface area contributed by atoms with Gasteiger partial charge in [-0.2, -0.15) is 13.2 Å². The van der Waals surface area contributed by atoms with Gasteiger partial charge in [0.25, 0.3) is 5.91 Å². The quantitative estimate of drug-likeness (QED) is 0.643. The lowest BCUT2D eigenvalue weighted by Crippen LogP contribution is -2.12. The lowest BCUT2D eigenvalue weighted by atomic mass is 10.1. The molecule has 0 saturated carbocycles. The molecule has 0 unspecified atom stereocenters. The molecule has 2 aromatic carbocycles. The molecule has 1 amide bonds. The first-order valence-electron chi connectivity index (χ1n) is 7.01. The van der Waals surface area contributed by atoms with E-state index in [9.17, 15) is 22.4 Å². The van der Waals surface area contributed by atoms with Crippen LogP contribution in [0.2, 0.25) is 0 Å². The van der Waals surface area contributed by atoms with Crippen LogP contribution in [0.4, 0.5) is 23.2 Å². The first-order chi connectivity index (χ1) is 11.2. The van der Waals surface area contributed by atoms with Crippen LogP contribution in [-0.2, 0) is 6.18 Å². The number of hydrogen-bond donors (Lipinski definition) is 2. The molecule has 3 rings (SSSR count). The van der Waals surface area contributed by atoms with Crippen LogP contribution in [-0.4, -0.2) is 10.9 Å².